The van der Waals surface area contributed by atoms with E-state index in [1.54, 1.807) is 0 Å². The van der Waals surface area contributed by atoms with Gasteiger partial charge in [0.25, 0.3) is 5.69 Å². The van der Waals surface area contributed by atoms with E-state index in [9.17, 15) is 23.3 Å². The number of hydrogen-bond donors (Lipinski definition) is 2. The first-order valence-electron chi connectivity index (χ1n) is 5.80. The molecule has 0 heterocycles. The number of aryl methyl sites for hydroxylation is 1. The number of nitro groups is 1. The minimum atomic E-state index is -4.10. The Hall–Kier alpha value is -2.26. The molecule has 0 fully saturated rings. The third-order valence-electron chi connectivity index (χ3n) is 2.66. The Labute approximate surface area is 121 Å². The molecule has 1 atom stereocenters. The van der Waals surface area contributed by atoms with E-state index in [1.165, 1.54) is 13.0 Å². The highest BCUT2D eigenvalue weighted by Crippen LogP contribution is 2.21. The first-order valence-corrected chi connectivity index (χ1v) is 7.28. The second-order valence-electron chi connectivity index (χ2n) is 4.24. The molecule has 0 aliphatic carbocycles. The molecule has 0 amide bonds. The molecule has 0 aliphatic rings. The van der Waals surface area contributed by atoms with Crippen molar-refractivity contribution in [3.05, 3.63) is 46.5 Å². The molecule has 9 heteroatoms. The average Bonchev–Trinajstić information content (AvgIpc) is 2.37. The van der Waals surface area contributed by atoms with Crippen molar-refractivity contribution < 1.29 is 23.2 Å². The number of nitrogens with zero attached hydrogens (tertiary/aromatic N) is 1. The first kappa shape index (κ1) is 16.8. The molecule has 1 unspecified atom stereocenters. The third kappa shape index (κ3) is 4.10. The molecule has 0 bridgehead atoms. The van der Waals surface area contributed by atoms with Crippen LogP contribution in [0.5, 0.6) is 0 Å². The van der Waals surface area contributed by atoms with Crippen molar-refractivity contribution in [3.63, 3.8) is 0 Å². The number of nitro benzene ring substituents is 1. The Bertz CT molecular complexity index is 683. The van der Waals surface area contributed by atoms with Crippen LogP contribution in [-0.2, 0) is 14.8 Å². The number of rotatable bonds is 7. The lowest BCUT2D eigenvalue weighted by molar-refractivity contribution is -0.385. The smallest absolute Gasteiger partial charge is 0.322 e. The van der Waals surface area contributed by atoms with Crippen LogP contribution in [-0.4, -0.2) is 30.5 Å². The molecule has 0 saturated heterocycles. The van der Waals surface area contributed by atoms with Gasteiger partial charge in [-0.05, 0) is 25.0 Å². The molecule has 21 heavy (non-hydrogen) atoms. The second kappa shape index (κ2) is 6.46. The molecule has 0 spiro atoms. The van der Waals surface area contributed by atoms with Crippen LogP contribution in [0, 0.1) is 17.0 Å². The summed E-state index contributed by atoms with van der Waals surface area (Å²) in [5.74, 6) is -1.34. The number of carboxylic acid groups (broad SMARTS) is 1. The lowest BCUT2D eigenvalue weighted by Gasteiger charge is -2.14. The summed E-state index contributed by atoms with van der Waals surface area (Å²) in [5.41, 5.74) is -0.0910. The SMILES string of the molecule is C=CCC(NS(=O)(=O)c1ccc([N+](=O)[O-])cc1C)C(=O)O. The maximum Gasteiger partial charge on any atom is 0.322 e. The predicted molar refractivity (Wildman–Crippen MR) is 74.4 cm³/mol. The van der Waals surface area contributed by atoms with E-state index in [-0.39, 0.29) is 22.6 Å². The number of nitrogens with one attached hydrogen (secondary N) is 1. The molecule has 0 aromatic heterocycles. The number of aliphatic carboxylic acids is 1. The maximum atomic E-state index is 12.1. The summed E-state index contributed by atoms with van der Waals surface area (Å²) in [7, 11) is -4.10. The van der Waals surface area contributed by atoms with Gasteiger partial charge in [-0.3, -0.25) is 14.9 Å². The van der Waals surface area contributed by atoms with Crippen molar-refractivity contribution in [1.82, 2.24) is 4.72 Å². The van der Waals surface area contributed by atoms with Crippen molar-refractivity contribution in [2.24, 2.45) is 0 Å². The van der Waals surface area contributed by atoms with Crippen LogP contribution < -0.4 is 4.72 Å². The van der Waals surface area contributed by atoms with Crippen molar-refractivity contribution in [3.8, 4) is 0 Å². The predicted octanol–water partition coefficient (Wildman–Crippen LogP) is 1.21. The van der Waals surface area contributed by atoms with Crippen molar-refractivity contribution in [2.45, 2.75) is 24.3 Å². The lowest BCUT2D eigenvalue weighted by atomic mass is 10.2. The van der Waals surface area contributed by atoms with Gasteiger partial charge in [0.15, 0.2) is 0 Å². The van der Waals surface area contributed by atoms with Gasteiger partial charge >= 0.3 is 5.97 Å². The molecule has 0 radical (unpaired) electrons. The summed E-state index contributed by atoms with van der Waals surface area (Å²) >= 11 is 0. The third-order valence-corrected chi connectivity index (χ3v) is 4.29. The molecular weight excluding hydrogens is 300 g/mol. The highest BCUT2D eigenvalue weighted by atomic mass is 32.2. The Kier molecular flexibility index (Phi) is 5.17. The molecule has 8 nitrogen and oxygen atoms in total. The van der Waals surface area contributed by atoms with Crippen LogP contribution in [0.1, 0.15) is 12.0 Å². The Morgan fingerprint density at radius 2 is 2.19 bits per heavy atom. The van der Waals surface area contributed by atoms with Gasteiger partial charge < -0.3 is 5.11 Å². The summed E-state index contributed by atoms with van der Waals surface area (Å²) < 4.78 is 26.3. The van der Waals surface area contributed by atoms with E-state index in [1.807, 2.05) is 4.72 Å². The van der Waals surface area contributed by atoms with Crippen molar-refractivity contribution in [1.29, 1.82) is 0 Å². The fourth-order valence-corrected chi connectivity index (χ4v) is 3.09. The topological polar surface area (TPSA) is 127 Å². The zero-order chi connectivity index (χ0) is 16.2. The fourth-order valence-electron chi connectivity index (χ4n) is 1.67. The van der Waals surface area contributed by atoms with Gasteiger partial charge in [0.1, 0.15) is 6.04 Å². The highest BCUT2D eigenvalue weighted by Gasteiger charge is 2.26. The zero-order valence-corrected chi connectivity index (χ0v) is 12.0. The van der Waals surface area contributed by atoms with Crippen LogP contribution in [0.4, 0.5) is 5.69 Å². The van der Waals surface area contributed by atoms with Crippen molar-refractivity contribution in [2.75, 3.05) is 0 Å². The van der Waals surface area contributed by atoms with Gasteiger partial charge in [-0.15, -0.1) is 6.58 Å². The molecule has 0 saturated carbocycles. The van der Waals surface area contributed by atoms with Crippen LogP contribution in [0.3, 0.4) is 0 Å². The van der Waals surface area contributed by atoms with Gasteiger partial charge in [-0.25, -0.2) is 8.42 Å². The van der Waals surface area contributed by atoms with E-state index in [0.29, 0.717) is 0 Å². The van der Waals surface area contributed by atoms with Crippen LogP contribution in [0.2, 0.25) is 0 Å². The van der Waals surface area contributed by atoms with Crippen molar-refractivity contribution >= 4 is 21.7 Å². The summed E-state index contributed by atoms with van der Waals surface area (Å²) in [4.78, 5) is 20.7. The first-order chi connectivity index (χ1) is 9.69. The number of sulfonamides is 1. The Morgan fingerprint density at radius 1 is 1.57 bits per heavy atom. The molecule has 1 aromatic carbocycles. The summed E-state index contributed by atoms with van der Waals surface area (Å²) in [6.07, 6.45) is 1.20. The van der Waals surface area contributed by atoms with Gasteiger partial charge in [0, 0.05) is 12.1 Å². The van der Waals surface area contributed by atoms with E-state index in [0.717, 1.165) is 18.2 Å². The van der Waals surface area contributed by atoms with Gasteiger partial charge in [0.05, 0.1) is 9.82 Å². The van der Waals surface area contributed by atoms with Crippen LogP contribution in [0.25, 0.3) is 0 Å². The maximum absolute atomic E-state index is 12.1. The minimum absolute atomic E-state index is 0.0827. The summed E-state index contributed by atoms with van der Waals surface area (Å²) in [6, 6.07) is 1.88. The average molecular weight is 314 g/mol. The van der Waals surface area contributed by atoms with E-state index >= 15 is 0 Å². The lowest BCUT2D eigenvalue weighted by Crippen LogP contribution is -2.40. The standard InChI is InChI=1S/C12H14N2O6S/c1-3-4-10(12(15)16)13-21(19,20)11-6-5-9(14(17)18)7-8(11)2/h3,5-7,10,13H,1,4H2,2H3,(H,15,16). The quantitative estimate of drug-likeness (QED) is 0.442. The van der Waals surface area contributed by atoms with E-state index in [4.69, 9.17) is 5.11 Å². The van der Waals surface area contributed by atoms with Gasteiger partial charge in [0.2, 0.25) is 10.0 Å². The summed E-state index contributed by atoms with van der Waals surface area (Å²) in [6.45, 7) is 4.75. The van der Waals surface area contributed by atoms with Gasteiger partial charge in [-0.1, -0.05) is 6.08 Å². The van der Waals surface area contributed by atoms with Crippen LogP contribution >= 0.6 is 0 Å². The number of benzene rings is 1. The number of hydrogen-bond acceptors (Lipinski definition) is 5. The fraction of sp³-hybridized carbons (Fsp3) is 0.250. The van der Waals surface area contributed by atoms with Crippen LogP contribution in [0.15, 0.2) is 35.7 Å². The zero-order valence-electron chi connectivity index (χ0n) is 11.1. The summed E-state index contributed by atoms with van der Waals surface area (Å²) in [5, 5.41) is 19.6. The Morgan fingerprint density at radius 3 is 2.62 bits per heavy atom. The molecule has 1 aromatic rings. The molecule has 114 valence electrons. The molecule has 1 rings (SSSR count). The second-order valence-corrected chi connectivity index (χ2v) is 5.93. The van der Waals surface area contributed by atoms with E-state index < -0.39 is 27.0 Å². The number of carbonyl (C=O) groups is 1. The molecular formula is C12H14N2O6S. The van der Waals surface area contributed by atoms with Gasteiger partial charge in [-0.2, -0.15) is 4.72 Å². The van der Waals surface area contributed by atoms with E-state index in [2.05, 4.69) is 6.58 Å². The number of non-ortho nitro benzene ring substituents is 1. The number of carboxylic acids is 1. The monoisotopic (exact) mass is 314 g/mol. The Balaban J connectivity index is 3.16. The molecule has 2 N–H and O–H groups in total. The minimum Gasteiger partial charge on any atom is -0.480 e. The largest absolute Gasteiger partial charge is 0.480 e. The normalized spacial score (nSPS) is 12.6. The molecule has 0 aliphatic heterocycles. The highest BCUT2D eigenvalue weighted by molar-refractivity contribution is 7.89.